The average Bonchev–Trinajstić information content (AvgIpc) is 2.91. The first-order chi connectivity index (χ1) is 18.4. The highest BCUT2D eigenvalue weighted by Crippen LogP contribution is 2.22. The topological polar surface area (TPSA) is 161 Å². The van der Waals surface area contributed by atoms with E-state index in [1.807, 2.05) is 0 Å². The maximum Gasteiger partial charge on any atom is 0.186 e. The molecule has 10 heteroatoms. The Morgan fingerprint density at radius 1 is 0.684 bits per heavy atom. The van der Waals surface area contributed by atoms with Crippen molar-refractivity contribution < 1.29 is 44.8 Å². The van der Waals surface area contributed by atoms with Crippen LogP contribution in [0.4, 0.5) is 0 Å². The van der Waals surface area contributed by atoms with E-state index in [1.165, 1.54) is 77.0 Å². The summed E-state index contributed by atoms with van der Waals surface area (Å²) in [5.74, 6) is 0. The van der Waals surface area contributed by atoms with Gasteiger partial charge in [-0.1, -0.05) is 90.4 Å². The van der Waals surface area contributed by atoms with Crippen molar-refractivity contribution in [3.8, 4) is 0 Å². The van der Waals surface area contributed by atoms with Gasteiger partial charge in [0, 0.05) is 19.7 Å². The van der Waals surface area contributed by atoms with Crippen LogP contribution in [-0.4, -0.2) is 113 Å². The molecule has 7 atom stereocenters. The van der Waals surface area contributed by atoms with Gasteiger partial charge >= 0.3 is 0 Å². The summed E-state index contributed by atoms with van der Waals surface area (Å²) < 4.78 is 16.1. The van der Waals surface area contributed by atoms with E-state index < -0.39 is 49.5 Å². The van der Waals surface area contributed by atoms with E-state index in [0.717, 1.165) is 12.8 Å². The molecular weight excluding hydrogens is 494 g/mol. The number of aliphatic hydroxyl groups excluding tert-OH is 6. The molecular formula is C28H57NO9. The number of nitrogens with one attached hydrogen (secondary N) is 1. The smallest absolute Gasteiger partial charge is 0.186 e. The third-order valence-corrected chi connectivity index (χ3v) is 7.01. The molecule has 0 aromatic carbocycles. The monoisotopic (exact) mass is 551 g/mol. The Morgan fingerprint density at radius 2 is 1.18 bits per heavy atom. The second kappa shape index (κ2) is 23.3. The molecule has 2 unspecified atom stereocenters. The van der Waals surface area contributed by atoms with Crippen LogP contribution in [0.15, 0.2) is 0 Å². The Kier molecular flexibility index (Phi) is 21.9. The van der Waals surface area contributed by atoms with Crippen molar-refractivity contribution in [3.63, 3.8) is 0 Å². The largest absolute Gasteiger partial charge is 0.394 e. The van der Waals surface area contributed by atoms with E-state index in [0.29, 0.717) is 6.61 Å². The molecule has 1 fully saturated rings. The lowest BCUT2D eigenvalue weighted by atomic mass is 9.99. The van der Waals surface area contributed by atoms with Crippen LogP contribution in [-0.2, 0) is 14.2 Å². The quantitative estimate of drug-likeness (QED) is 0.0830. The number of rotatable bonds is 25. The molecule has 0 saturated carbocycles. The van der Waals surface area contributed by atoms with Gasteiger partial charge in [0.25, 0.3) is 0 Å². The van der Waals surface area contributed by atoms with Gasteiger partial charge in [-0.25, -0.2) is 0 Å². The van der Waals surface area contributed by atoms with Crippen LogP contribution in [0.1, 0.15) is 96.8 Å². The molecule has 1 aliphatic heterocycles. The highest BCUT2D eigenvalue weighted by atomic mass is 16.7. The van der Waals surface area contributed by atoms with E-state index in [-0.39, 0.29) is 26.3 Å². The second-order valence-electron chi connectivity index (χ2n) is 10.7. The summed E-state index contributed by atoms with van der Waals surface area (Å²) in [6.07, 6.45) is 9.87. The van der Waals surface area contributed by atoms with Gasteiger partial charge in [0.05, 0.1) is 32.0 Å². The molecule has 7 N–H and O–H groups in total. The fourth-order valence-corrected chi connectivity index (χ4v) is 4.56. The highest BCUT2D eigenvalue weighted by Gasteiger charge is 2.44. The fourth-order valence-electron chi connectivity index (χ4n) is 4.56. The highest BCUT2D eigenvalue weighted by molar-refractivity contribution is 4.89. The molecule has 0 bridgehead atoms. The Labute approximate surface area is 229 Å². The molecule has 1 aliphatic rings. The number of unbranched alkanes of at least 4 members (excludes halogenated alkanes) is 13. The second-order valence-corrected chi connectivity index (χ2v) is 10.7. The predicted octanol–water partition coefficient (Wildman–Crippen LogP) is 1.61. The number of hydrogen-bond acceptors (Lipinski definition) is 10. The van der Waals surface area contributed by atoms with Crippen molar-refractivity contribution in [2.24, 2.45) is 0 Å². The first-order valence-corrected chi connectivity index (χ1v) is 15.0. The van der Waals surface area contributed by atoms with Gasteiger partial charge < -0.3 is 50.2 Å². The molecule has 1 heterocycles. The van der Waals surface area contributed by atoms with E-state index in [1.54, 1.807) is 0 Å². The zero-order chi connectivity index (χ0) is 28.0. The van der Waals surface area contributed by atoms with Gasteiger partial charge in [0.15, 0.2) is 6.29 Å². The Hall–Kier alpha value is -0.400. The van der Waals surface area contributed by atoms with Crippen molar-refractivity contribution >= 4 is 0 Å². The van der Waals surface area contributed by atoms with Crippen LogP contribution in [0.25, 0.3) is 0 Å². The molecule has 0 aromatic rings. The first kappa shape index (κ1) is 35.6. The molecule has 0 spiro atoms. The zero-order valence-electron chi connectivity index (χ0n) is 23.6. The van der Waals surface area contributed by atoms with Crippen molar-refractivity contribution in [2.45, 2.75) is 140 Å². The van der Waals surface area contributed by atoms with Crippen LogP contribution < -0.4 is 5.32 Å². The van der Waals surface area contributed by atoms with Crippen LogP contribution in [0.3, 0.4) is 0 Å². The van der Waals surface area contributed by atoms with Crippen LogP contribution >= 0.6 is 0 Å². The predicted molar refractivity (Wildman–Crippen MR) is 146 cm³/mol. The van der Waals surface area contributed by atoms with Crippen molar-refractivity contribution in [1.82, 2.24) is 5.32 Å². The summed E-state index contributed by atoms with van der Waals surface area (Å²) in [4.78, 5) is 0. The minimum Gasteiger partial charge on any atom is -0.394 e. The Morgan fingerprint density at radius 3 is 1.71 bits per heavy atom. The van der Waals surface area contributed by atoms with Crippen LogP contribution in [0.5, 0.6) is 0 Å². The lowest BCUT2D eigenvalue weighted by Gasteiger charge is -2.39. The normalized spacial score (nSPS) is 25.5. The summed E-state index contributed by atoms with van der Waals surface area (Å²) in [6.45, 7) is 2.74. The standard InChI is InChI=1S/C28H57NO9/c1-2-3-4-5-6-7-8-9-10-11-12-13-14-15-16-36-20-22(31)17-29-18-23(32)21-37-28-27(35)26(34)25(33)24(19-30)38-28/h22-35H,2-21H2,1H3/t22?,23?,24-,25-,26+,27-,28-/m1/s1. The maximum absolute atomic E-state index is 10.0. The van der Waals surface area contributed by atoms with Crippen LogP contribution in [0, 0.1) is 0 Å². The molecule has 1 saturated heterocycles. The van der Waals surface area contributed by atoms with Gasteiger partial charge in [0.2, 0.25) is 0 Å². The zero-order valence-corrected chi connectivity index (χ0v) is 23.6. The summed E-state index contributed by atoms with van der Waals surface area (Å²) in [7, 11) is 0. The minimum atomic E-state index is -1.53. The van der Waals surface area contributed by atoms with E-state index in [2.05, 4.69) is 12.2 Å². The maximum atomic E-state index is 10.0. The number of hydrogen-bond donors (Lipinski definition) is 7. The van der Waals surface area contributed by atoms with Crippen LogP contribution in [0.2, 0.25) is 0 Å². The average molecular weight is 552 g/mol. The molecule has 228 valence electrons. The van der Waals surface area contributed by atoms with E-state index >= 15 is 0 Å². The fraction of sp³-hybridized carbons (Fsp3) is 1.00. The summed E-state index contributed by atoms with van der Waals surface area (Å²) in [6, 6.07) is 0. The lowest BCUT2D eigenvalue weighted by molar-refractivity contribution is -0.304. The van der Waals surface area contributed by atoms with Gasteiger partial charge in [-0.15, -0.1) is 0 Å². The minimum absolute atomic E-state index is 0.132. The van der Waals surface area contributed by atoms with Crippen molar-refractivity contribution in [2.75, 3.05) is 39.5 Å². The molecule has 0 radical (unpaired) electrons. The van der Waals surface area contributed by atoms with Gasteiger partial charge in [0.1, 0.15) is 24.4 Å². The third kappa shape index (κ3) is 16.6. The van der Waals surface area contributed by atoms with Gasteiger partial charge in [-0.3, -0.25) is 0 Å². The van der Waals surface area contributed by atoms with E-state index in [4.69, 9.17) is 14.2 Å². The first-order valence-electron chi connectivity index (χ1n) is 15.0. The lowest BCUT2D eigenvalue weighted by Crippen LogP contribution is -2.59. The molecule has 1 rings (SSSR count). The van der Waals surface area contributed by atoms with Gasteiger partial charge in [-0.05, 0) is 6.42 Å². The Balaban J connectivity index is 1.90. The summed E-state index contributed by atoms with van der Waals surface area (Å²) in [5.41, 5.74) is 0. The SMILES string of the molecule is CCCCCCCCCCCCCCCCOCC(O)CNCC(O)CO[C@@H]1O[C@H](CO)[C@@H](O)[C@H](O)[C@H]1O. The molecule has 0 aliphatic carbocycles. The third-order valence-electron chi connectivity index (χ3n) is 7.01. The molecule has 10 nitrogen and oxygen atoms in total. The van der Waals surface area contributed by atoms with Crippen molar-refractivity contribution in [3.05, 3.63) is 0 Å². The summed E-state index contributed by atoms with van der Waals surface area (Å²) in [5, 5.41) is 61.7. The number of aliphatic hydroxyl groups is 6. The molecule has 0 amide bonds. The van der Waals surface area contributed by atoms with E-state index in [9.17, 15) is 30.6 Å². The molecule has 38 heavy (non-hydrogen) atoms. The van der Waals surface area contributed by atoms with Crippen molar-refractivity contribution in [1.29, 1.82) is 0 Å². The number of ether oxygens (including phenoxy) is 3. The van der Waals surface area contributed by atoms with Gasteiger partial charge in [-0.2, -0.15) is 0 Å². The Bertz CT molecular complexity index is 529. The summed E-state index contributed by atoms with van der Waals surface area (Å²) >= 11 is 0. The molecule has 0 aromatic heterocycles.